The second-order valence-corrected chi connectivity index (χ2v) is 12.9. The predicted octanol–water partition coefficient (Wildman–Crippen LogP) is 7.35. The van der Waals surface area contributed by atoms with Crippen LogP contribution in [0.2, 0.25) is 0 Å². The normalized spacial score (nSPS) is 21.8. The number of benzene rings is 2. The van der Waals surface area contributed by atoms with Gasteiger partial charge in [0.05, 0.1) is 11.4 Å². The van der Waals surface area contributed by atoms with Crippen LogP contribution in [0.4, 0.5) is 5.69 Å². The van der Waals surface area contributed by atoms with E-state index in [0.29, 0.717) is 24.2 Å². The third-order valence-electron chi connectivity index (χ3n) is 7.49. The number of aryl methyl sites for hydroxylation is 1. The van der Waals surface area contributed by atoms with Crippen molar-refractivity contribution in [1.82, 2.24) is 0 Å². The lowest BCUT2D eigenvalue weighted by atomic mass is 9.62. The molecule has 3 aliphatic rings. The van der Waals surface area contributed by atoms with Gasteiger partial charge < -0.3 is 10.0 Å². The lowest BCUT2D eigenvalue weighted by Gasteiger charge is -2.48. The summed E-state index contributed by atoms with van der Waals surface area (Å²) in [7, 11) is 0. The molecule has 0 aromatic heterocycles. The van der Waals surface area contributed by atoms with Crippen molar-refractivity contribution in [3.63, 3.8) is 0 Å². The second kappa shape index (κ2) is 8.19. The highest BCUT2D eigenvalue weighted by Gasteiger charge is 2.49. The molecule has 5 rings (SSSR count). The molecule has 0 saturated heterocycles. The molecule has 0 amide bonds. The summed E-state index contributed by atoms with van der Waals surface area (Å²) < 4.78 is 0.860. The molecule has 0 atom stereocenters. The standard InChI is InChI=1S/C30H32BrNO3/c1-17-6-9-19(10-7-17)32-27-21(13-29(2,3)15-24(27)34)26(20-12-18(31)8-11-23(20)33)22-14-30(4,5)16-25(35)28(22)32/h6-12,26,33H,13-16H2,1-5H3. The third-order valence-corrected chi connectivity index (χ3v) is 7.98. The molecule has 0 saturated carbocycles. The maximum atomic E-state index is 13.8. The van der Waals surface area contributed by atoms with E-state index in [2.05, 4.69) is 43.6 Å². The first-order chi connectivity index (χ1) is 16.4. The number of anilines is 1. The summed E-state index contributed by atoms with van der Waals surface area (Å²) >= 11 is 3.58. The first-order valence-electron chi connectivity index (χ1n) is 12.2. The van der Waals surface area contributed by atoms with Crippen LogP contribution in [0, 0.1) is 17.8 Å². The van der Waals surface area contributed by atoms with E-state index in [-0.39, 0.29) is 34.1 Å². The Morgan fingerprint density at radius 1 is 0.829 bits per heavy atom. The minimum atomic E-state index is -0.314. The number of carbonyl (C=O) groups excluding carboxylic acids is 2. The fourth-order valence-electron chi connectivity index (χ4n) is 6.14. The second-order valence-electron chi connectivity index (χ2n) is 11.9. The number of hydrogen-bond donors (Lipinski definition) is 1. The van der Waals surface area contributed by atoms with Gasteiger partial charge in [0.25, 0.3) is 0 Å². The number of phenols is 1. The van der Waals surface area contributed by atoms with Crippen LogP contribution in [0.25, 0.3) is 0 Å². The smallest absolute Gasteiger partial charge is 0.180 e. The number of halogens is 1. The van der Waals surface area contributed by atoms with E-state index in [0.717, 1.165) is 45.3 Å². The van der Waals surface area contributed by atoms with Crippen LogP contribution in [0.15, 0.2) is 69.5 Å². The number of ketones is 2. The molecule has 5 heteroatoms. The highest BCUT2D eigenvalue weighted by molar-refractivity contribution is 9.10. The van der Waals surface area contributed by atoms with Crippen LogP contribution < -0.4 is 4.90 Å². The number of phenolic OH excluding ortho intramolecular Hbond substituents is 1. The maximum absolute atomic E-state index is 13.8. The van der Waals surface area contributed by atoms with E-state index in [9.17, 15) is 14.7 Å². The fraction of sp³-hybridized carbons (Fsp3) is 0.400. The number of allylic oxidation sites excluding steroid dienone is 4. The van der Waals surface area contributed by atoms with E-state index >= 15 is 0 Å². The van der Waals surface area contributed by atoms with E-state index in [1.807, 2.05) is 48.2 Å². The Morgan fingerprint density at radius 3 is 1.86 bits per heavy atom. The zero-order valence-corrected chi connectivity index (χ0v) is 22.6. The number of hydrogen-bond acceptors (Lipinski definition) is 4. The average molecular weight is 534 g/mol. The van der Waals surface area contributed by atoms with Gasteiger partial charge in [-0.1, -0.05) is 61.3 Å². The molecule has 1 aliphatic heterocycles. The zero-order chi connectivity index (χ0) is 25.3. The Morgan fingerprint density at radius 2 is 1.34 bits per heavy atom. The van der Waals surface area contributed by atoms with E-state index in [1.54, 1.807) is 6.07 Å². The average Bonchev–Trinajstić information content (AvgIpc) is 2.73. The van der Waals surface area contributed by atoms with Crippen molar-refractivity contribution in [3.8, 4) is 5.75 Å². The number of Topliss-reactive ketones (excluding diaryl/α,β-unsaturated/α-hetero) is 2. The molecule has 1 N–H and O–H groups in total. The van der Waals surface area contributed by atoms with Crippen LogP contribution in [-0.2, 0) is 9.59 Å². The molecule has 4 nitrogen and oxygen atoms in total. The molecule has 2 aromatic carbocycles. The van der Waals surface area contributed by atoms with Gasteiger partial charge in [-0.25, -0.2) is 0 Å². The Kier molecular flexibility index (Phi) is 5.63. The van der Waals surface area contributed by atoms with Crippen molar-refractivity contribution >= 4 is 33.2 Å². The Balaban J connectivity index is 1.86. The van der Waals surface area contributed by atoms with Crippen molar-refractivity contribution in [3.05, 3.63) is 80.6 Å². The summed E-state index contributed by atoms with van der Waals surface area (Å²) in [5, 5.41) is 11.0. The van der Waals surface area contributed by atoms with Crippen molar-refractivity contribution < 1.29 is 14.7 Å². The molecule has 0 spiro atoms. The summed E-state index contributed by atoms with van der Waals surface area (Å²) in [5.74, 6) is -0.0143. The molecule has 2 aliphatic carbocycles. The fourth-order valence-corrected chi connectivity index (χ4v) is 6.52. The van der Waals surface area contributed by atoms with Crippen molar-refractivity contribution in [2.75, 3.05) is 4.90 Å². The minimum absolute atomic E-state index is 0.0560. The SMILES string of the molecule is Cc1ccc(N2C3=C(CC(C)(C)CC3=O)C(c3cc(Br)ccc3O)C3=C2C(=O)CC(C)(C)C3)cc1. The Bertz CT molecular complexity index is 1260. The van der Waals surface area contributed by atoms with Crippen molar-refractivity contribution in [2.24, 2.45) is 10.8 Å². The van der Waals surface area contributed by atoms with Crippen LogP contribution in [0.3, 0.4) is 0 Å². The van der Waals surface area contributed by atoms with Crippen LogP contribution >= 0.6 is 15.9 Å². The van der Waals surface area contributed by atoms with Crippen LogP contribution in [-0.4, -0.2) is 16.7 Å². The van der Waals surface area contributed by atoms with Gasteiger partial charge in [-0.15, -0.1) is 0 Å². The molecule has 2 aromatic rings. The Hall–Kier alpha value is -2.66. The van der Waals surface area contributed by atoms with E-state index < -0.39 is 0 Å². The number of carbonyl (C=O) groups is 2. The molecule has 35 heavy (non-hydrogen) atoms. The topological polar surface area (TPSA) is 57.6 Å². The summed E-state index contributed by atoms with van der Waals surface area (Å²) in [6.07, 6.45) is 2.29. The lowest BCUT2D eigenvalue weighted by Crippen LogP contribution is -2.45. The monoisotopic (exact) mass is 533 g/mol. The van der Waals surface area contributed by atoms with Gasteiger partial charge in [0.2, 0.25) is 0 Å². The predicted molar refractivity (Wildman–Crippen MR) is 142 cm³/mol. The van der Waals surface area contributed by atoms with Crippen LogP contribution in [0.5, 0.6) is 5.75 Å². The maximum Gasteiger partial charge on any atom is 0.180 e. The van der Waals surface area contributed by atoms with Crippen molar-refractivity contribution in [2.45, 2.75) is 66.2 Å². The van der Waals surface area contributed by atoms with Crippen LogP contribution in [0.1, 0.15) is 70.4 Å². The highest BCUT2D eigenvalue weighted by Crippen LogP contribution is 2.57. The number of aromatic hydroxyl groups is 1. The van der Waals surface area contributed by atoms with E-state index in [1.165, 1.54) is 0 Å². The molecular formula is C30H32BrNO3. The van der Waals surface area contributed by atoms with Gasteiger partial charge in [-0.3, -0.25) is 9.59 Å². The molecule has 0 radical (unpaired) electrons. The zero-order valence-electron chi connectivity index (χ0n) is 21.0. The molecule has 182 valence electrons. The first kappa shape index (κ1) is 24.1. The van der Waals surface area contributed by atoms with Gasteiger partial charge in [0.15, 0.2) is 11.6 Å². The van der Waals surface area contributed by atoms with Gasteiger partial charge in [0, 0.05) is 34.5 Å². The summed E-state index contributed by atoms with van der Waals surface area (Å²) in [6.45, 7) is 10.5. The molecule has 0 fully saturated rings. The largest absolute Gasteiger partial charge is 0.508 e. The van der Waals surface area contributed by atoms with E-state index in [4.69, 9.17) is 0 Å². The molecular weight excluding hydrogens is 502 g/mol. The summed E-state index contributed by atoms with van der Waals surface area (Å²) in [4.78, 5) is 29.6. The quantitative estimate of drug-likeness (QED) is 0.438. The summed E-state index contributed by atoms with van der Waals surface area (Å²) in [5.41, 5.74) is 5.54. The minimum Gasteiger partial charge on any atom is -0.508 e. The van der Waals surface area contributed by atoms with Gasteiger partial charge in [-0.2, -0.15) is 0 Å². The lowest BCUT2D eigenvalue weighted by molar-refractivity contribution is -0.118. The Labute approximate surface area is 215 Å². The molecule has 1 heterocycles. The van der Waals surface area contributed by atoms with Gasteiger partial charge in [0.1, 0.15) is 5.75 Å². The first-order valence-corrected chi connectivity index (χ1v) is 13.0. The number of rotatable bonds is 2. The van der Waals surface area contributed by atoms with Gasteiger partial charge >= 0.3 is 0 Å². The summed E-state index contributed by atoms with van der Waals surface area (Å²) in [6, 6.07) is 13.5. The van der Waals surface area contributed by atoms with Gasteiger partial charge in [-0.05, 0) is 72.1 Å². The number of nitrogens with zero attached hydrogens (tertiary/aromatic N) is 1. The van der Waals surface area contributed by atoms with Crippen molar-refractivity contribution in [1.29, 1.82) is 0 Å². The highest BCUT2D eigenvalue weighted by atomic mass is 79.9. The molecule has 0 unspecified atom stereocenters. The molecule has 0 bridgehead atoms. The third kappa shape index (κ3) is 4.18.